The lowest BCUT2D eigenvalue weighted by Crippen LogP contribution is -2.36. The van der Waals surface area contributed by atoms with Crippen molar-refractivity contribution in [2.45, 2.75) is 57.9 Å². The second kappa shape index (κ2) is 8.29. The van der Waals surface area contributed by atoms with Crippen molar-refractivity contribution in [3.8, 4) is 11.4 Å². The third kappa shape index (κ3) is 4.34. The van der Waals surface area contributed by atoms with Crippen LogP contribution in [0.3, 0.4) is 0 Å². The van der Waals surface area contributed by atoms with E-state index in [0.29, 0.717) is 23.3 Å². The van der Waals surface area contributed by atoms with Crippen LogP contribution in [0.5, 0.6) is 0 Å². The van der Waals surface area contributed by atoms with Gasteiger partial charge in [-0.15, -0.1) is 0 Å². The quantitative estimate of drug-likeness (QED) is 0.811. The van der Waals surface area contributed by atoms with Gasteiger partial charge in [-0.3, -0.25) is 4.79 Å². The van der Waals surface area contributed by atoms with E-state index in [9.17, 15) is 4.79 Å². The van der Waals surface area contributed by atoms with Gasteiger partial charge < -0.3 is 10.2 Å². The number of carbonyl (C=O) groups excluding carboxylic acids is 1. The number of hydrogen-bond donors (Lipinski definition) is 1. The lowest BCUT2D eigenvalue weighted by Gasteiger charge is -2.33. The molecular weight excluding hydrogens is 348 g/mol. The first-order chi connectivity index (χ1) is 13.6. The molecule has 0 atom stereocenters. The molecule has 28 heavy (non-hydrogen) atoms. The van der Waals surface area contributed by atoms with Crippen molar-refractivity contribution in [3.63, 3.8) is 0 Å². The average Bonchev–Trinajstić information content (AvgIpc) is 3.56. The zero-order valence-electron chi connectivity index (χ0n) is 16.9. The van der Waals surface area contributed by atoms with E-state index in [1.165, 1.54) is 37.7 Å². The molecule has 2 aliphatic rings. The topological polar surface area (TPSA) is 58.1 Å². The molecule has 4 rings (SSSR count). The summed E-state index contributed by atoms with van der Waals surface area (Å²) in [6.07, 6.45) is 10.3. The van der Waals surface area contributed by atoms with E-state index in [1.54, 1.807) is 6.20 Å². The Balaban J connectivity index is 1.66. The molecule has 1 aromatic carbocycles. The molecule has 1 amide bonds. The van der Waals surface area contributed by atoms with Gasteiger partial charge in [0.15, 0.2) is 5.82 Å². The summed E-state index contributed by atoms with van der Waals surface area (Å²) in [4.78, 5) is 24.5. The van der Waals surface area contributed by atoms with Crippen LogP contribution in [0.4, 0.5) is 5.82 Å². The van der Waals surface area contributed by atoms with Crippen molar-refractivity contribution in [3.05, 3.63) is 41.6 Å². The van der Waals surface area contributed by atoms with Crippen molar-refractivity contribution in [2.24, 2.45) is 5.92 Å². The Kier molecular flexibility index (Phi) is 5.60. The number of anilines is 1. The summed E-state index contributed by atoms with van der Waals surface area (Å²) in [5, 5.41) is 3.08. The predicted octanol–water partition coefficient (Wildman–Crippen LogP) is 4.36. The fraction of sp³-hybridized carbons (Fsp3) is 0.522. The predicted molar refractivity (Wildman–Crippen MR) is 113 cm³/mol. The molecule has 0 spiro atoms. The number of nitrogens with zero attached hydrogens (tertiary/aromatic N) is 3. The van der Waals surface area contributed by atoms with E-state index in [4.69, 9.17) is 4.98 Å². The lowest BCUT2D eigenvalue weighted by atomic mass is 9.94. The van der Waals surface area contributed by atoms with Crippen LogP contribution >= 0.6 is 0 Å². The molecule has 5 heteroatoms. The fourth-order valence-electron chi connectivity index (χ4n) is 4.02. The first-order valence-corrected chi connectivity index (χ1v) is 10.6. The number of benzene rings is 1. The summed E-state index contributed by atoms with van der Waals surface area (Å²) in [5.41, 5.74) is 2.75. The van der Waals surface area contributed by atoms with E-state index >= 15 is 0 Å². The van der Waals surface area contributed by atoms with Gasteiger partial charge in [0, 0.05) is 31.4 Å². The normalized spacial score (nSPS) is 17.4. The van der Waals surface area contributed by atoms with Crippen molar-refractivity contribution in [1.82, 2.24) is 15.3 Å². The number of carbonyl (C=O) groups is 1. The maximum atomic E-state index is 12.9. The van der Waals surface area contributed by atoms with Crippen LogP contribution in [-0.2, 0) is 0 Å². The van der Waals surface area contributed by atoms with Crippen molar-refractivity contribution in [1.29, 1.82) is 0 Å². The Hall–Kier alpha value is -2.43. The van der Waals surface area contributed by atoms with Crippen LogP contribution in [0.15, 0.2) is 30.5 Å². The van der Waals surface area contributed by atoms with Gasteiger partial charge in [-0.25, -0.2) is 9.97 Å². The molecular formula is C23H30N4O. The summed E-state index contributed by atoms with van der Waals surface area (Å²) < 4.78 is 0. The maximum absolute atomic E-state index is 12.9. The second-order valence-corrected chi connectivity index (χ2v) is 8.36. The Morgan fingerprint density at radius 3 is 2.68 bits per heavy atom. The van der Waals surface area contributed by atoms with Crippen LogP contribution in [-0.4, -0.2) is 35.5 Å². The maximum Gasteiger partial charge on any atom is 0.256 e. The highest BCUT2D eigenvalue weighted by Crippen LogP contribution is 2.30. The SMILES string of the molecule is Cc1cccc(-c2ncc(C(=O)NCC3CC3)c(N(C)C3CCCCC3)n2)c1. The Morgan fingerprint density at radius 2 is 1.96 bits per heavy atom. The van der Waals surface area contributed by atoms with E-state index in [-0.39, 0.29) is 5.91 Å². The number of rotatable bonds is 6. The van der Waals surface area contributed by atoms with Crippen molar-refractivity contribution in [2.75, 3.05) is 18.5 Å². The first kappa shape index (κ1) is 18.9. The fourth-order valence-corrected chi connectivity index (χ4v) is 4.02. The zero-order valence-corrected chi connectivity index (χ0v) is 16.9. The van der Waals surface area contributed by atoms with Gasteiger partial charge >= 0.3 is 0 Å². The summed E-state index contributed by atoms with van der Waals surface area (Å²) in [6.45, 7) is 2.82. The van der Waals surface area contributed by atoms with Gasteiger partial charge in [-0.2, -0.15) is 0 Å². The zero-order chi connectivity index (χ0) is 19.5. The van der Waals surface area contributed by atoms with Gasteiger partial charge in [0.25, 0.3) is 5.91 Å². The summed E-state index contributed by atoms with van der Waals surface area (Å²) in [7, 11) is 2.08. The molecule has 1 aromatic heterocycles. The molecule has 148 valence electrons. The van der Waals surface area contributed by atoms with Crippen molar-refractivity contribution < 1.29 is 4.79 Å². The number of amides is 1. The monoisotopic (exact) mass is 378 g/mol. The molecule has 1 N–H and O–H groups in total. The van der Waals surface area contributed by atoms with Gasteiger partial charge in [-0.05, 0) is 44.6 Å². The van der Waals surface area contributed by atoms with E-state index in [0.717, 1.165) is 30.8 Å². The highest BCUT2D eigenvalue weighted by atomic mass is 16.1. The molecule has 2 saturated carbocycles. The van der Waals surface area contributed by atoms with Gasteiger partial charge in [-0.1, -0.05) is 43.0 Å². The molecule has 0 aliphatic heterocycles. The molecule has 2 aliphatic carbocycles. The van der Waals surface area contributed by atoms with Crippen LogP contribution < -0.4 is 10.2 Å². The van der Waals surface area contributed by atoms with Gasteiger partial charge in [0.1, 0.15) is 11.4 Å². The smallest absolute Gasteiger partial charge is 0.256 e. The minimum atomic E-state index is -0.0552. The van der Waals surface area contributed by atoms with E-state index < -0.39 is 0 Å². The average molecular weight is 379 g/mol. The van der Waals surface area contributed by atoms with Crippen molar-refractivity contribution >= 4 is 11.7 Å². The summed E-state index contributed by atoms with van der Waals surface area (Å²) >= 11 is 0. The Bertz CT molecular complexity index is 840. The van der Waals surface area contributed by atoms with Gasteiger partial charge in [0.05, 0.1) is 0 Å². The van der Waals surface area contributed by atoms with Crippen LogP contribution in [0.1, 0.15) is 60.9 Å². The molecule has 2 fully saturated rings. The second-order valence-electron chi connectivity index (χ2n) is 8.36. The minimum absolute atomic E-state index is 0.0552. The van der Waals surface area contributed by atoms with E-state index in [1.807, 2.05) is 12.1 Å². The first-order valence-electron chi connectivity index (χ1n) is 10.6. The minimum Gasteiger partial charge on any atom is -0.356 e. The summed E-state index contributed by atoms with van der Waals surface area (Å²) in [6, 6.07) is 8.64. The third-order valence-electron chi connectivity index (χ3n) is 5.99. The summed E-state index contributed by atoms with van der Waals surface area (Å²) in [5.74, 6) is 2.03. The van der Waals surface area contributed by atoms with Crippen LogP contribution in [0.25, 0.3) is 11.4 Å². The number of nitrogens with one attached hydrogen (secondary N) is 1. The molecule has 1 heterocycles. The number of aromatic nitrogens is 2. The highest BCUT2D eigenvalue weighted by molar-refractivity contribution is 5.99. The Morgan fingerprint density at radius 1 is 1.18 bits per heavy atom. The van der Waals surface area contributed by atoms with Crippen LogP contribution in [0, 0.1) is 12.8 Å². The molecule has 0 radical (unpaired) electrons. The Labute approximate surface area is 167 Å². The standard InChI is InChI=1S/C23H30N4O/c1-16-7-6-8-18(13-16)21-24-15-20(23(28)25-14-17-11-12-17)22(26-21)27(2)19-9-4-3-5-10-19/h6-8,13,15,17,19H,3-5,9-12,14H2,1-2H3,(H,25,28). The molecule has 5 nitrogen and oxygen atoms in total. The molecule has 0 unspecified atom stereocenters. The highest BCUT2D eigenvalue weighted by Gasteiger charge is 2.26. The molecule has 0 bridgehead atoms. The number of aryl methyl sites for hydroxylation is 1. The van der Waals surface area contributed by atoms with Gasteiger partial charge in [0.2, 0.25) is 0 Å². The van der Waals surface area contributed by atoms with Crippen LogP contribution in [0.2, 0.25) is 0 Å². The third-order valence-corrected chi connectivity index (χ3v) is 5.99. The lowest BCUT2D eigenvalue weighted by molar-refractivity contribution is 0.0951. The largest absolute Gasteiger partial charge is 0.356 e. The van der Waals surface area contributed by atoms with E-state index in [2.05, 4.69) is 41.3 Å². The number of hydrogen-bond acceptors (Lipinski definition) is 4. The molecule has 0 saturated heterocycles. The molecule has 2 aromatic rings.